The van der Waals surface area contributed by atoms with Crippen molar-refractivity contribution in [3.05, 3.63) is 58.0 Å². The van der Waals surface area contributed by atoms with Crippen LogP contribution in [0, 0.1) is 36.5 Å². The molecule has 4 aliphatic rings. The number of benzene rings is 2. The van der Waals surface area contributed by atoms with Crippen LogP contribution >= 0.6 is 0 Å². The molecular weight excluding hydrogens is 861 g/mol. The standard InChI is InChI=1S/C50H74N6O11/c1-26(2)25-56-20-17-50(18-21-56)53-38-35-36-43(60)32(8)46-37(35)47(62)49(9,67-46)65-23-16-33(64-12)29(5)45(66-34(57)24-51-19-22-55(10)11)31(7)42(59)30(6)41(58)27(3)14-13-15-28(4)48(63)52-40(44(36)61)39(38)54-50/h13-16,23,26-27,29-31,33-34,41-42,45,51,57-61H,17-22,24-25H2,1-12H3,(H,52,63)/b14-13+,23-16+,28-15-/t27-,29+,30+,31+,33-,34?,41-,42+,45+,49-/m0/s1. The number of likely N-dealkylation sites (N-methyl/N-ethyl adjacent to an activating group) is 1. The van der Waals surface area contributed by atoms with Crippen molar-refractivity contribution in [1.82, 2.24) is 15.1 Å². The Morgan fingerprint density at radius 2 is 1.64 bits per heavy atom. The summed E-state index contributed by atoms with van der Waals surface area (Å²) in [5, 5.41) is 65.2. The number of methoxy groups -OCH3 is 1. The van der Waals surface area contributed by atoms with Gasteiger partial charge in [0.15, 0.2) is 17.7 Å². The van der Waals surface area contributed by atoms with Crippen LogP contribution in [0.1, 0.15) is 84.2 Å². The fraction of sp³-hybridized carbons (Fsp3) is 0.640. The van der Waals surface area contributed by atoms with Gasteiger partial charge in [-0.05, 0) is 39.9 Å². The van der Waals surface area contributed by atoms with E-state index in [0.717, 1.165) is 13.1 Å². The number of nitrogens with one attached hydrogen (secondary N) is 2. The Morgan fingerprint density at radius 3 is 2.28 bits per heavy atom. The molecule has 1 spiro atoms. The minimum absolute atomic E-state index is 0.0427. The highest BCUT2D eigenvalue weighted by Crippen LogP contribution is 2.50. The molecule has 1 saturated heterocycles. The first-order valence-electron chi connectivity index (χ1n) is 23.6. The molecule has 4 heterocycles. The van der Waals surface area contributed by atoms with E-state index >= 15 is 0 Å². The largest absolute Gasteiger partial charge is 0.507 e. The van der Waals surface area contributed by atoms with E-state index in [1.54, 1.807) is 58.9 Å². The molecule has 4 aliphatic heterocycles. The molecule has 0 radical (unpaired) electrons. The second-order valence-electron chi connectivity index (χ2n) is 19.9. The highest BCUT2D eigenvalue weighted by molar-refractivity contribution is 6.19. The number of hydrogen-bond donors (Lipinski definition) is 7. The van der Waals surface area contributed by atoms with Gasteiger partial charge in [-0.25, -0.2) is 0 Å². The van der Waals surface area contributed by atoms with E-state index in [1.165, 1.54) is 20.3 Å². The summed E-state index contributed by atoms with van der Waals surface area (Å²) in [5.41, 5.74) is -0.556. The quantitative estimate of drug-likeness (QED) is 0.103. The summed E-state index contributed by atoms with van der Waals surface area (Å²) in [5.74, 6) is -5.81. The number of aliphatic hydroxyl groups excluding tert-OH is 3. The third-order valence-electron chi connectivity index (χ3n) is 14.0. The lowest BCUT2D eigenvalue weighted by Gasteiger charge is -2.39. The van der Waals surface area contributed by atoms with Crippen LogP contribution in [0.15, 0.2) is 46.1 Å². The van der Waals surface area contributed by atoms with E-state index in [0.29, 0.717) is 38.4 Å². The van der Waals surface area contributed by atoms with Crippen LogP contribution in [0.25, 0.3) is 10.8 Å². The molecule has 67 heavy (non-hydrogen) atoms. The molecule has 17 heteroatoms. The molecule has 370 valence electrons. The number of hydrogen-bond acceptors (Lipinski definition) is 16. The maximum absolute atomic E-state index is 14.9. The number of amides is 1. The van der Waals surface area contributed by atoms with Crippen LogP contribution in [0.5, 0.6) is 17.2 Å². The Balaban J connectivity index is 1.48. The number of aromatic hydroxyl groups is 2. The zero-order valence-corrected chi connectivity index (χ0v) is 41.3. The first kappa shape index (κ1) is 51.9. The zero-order valence-electron chi connectivity index (χ0n) is 41.3. The summed E-state index contributed by atoms with van der Waals surface area (Å²) in [7, 11) is 5.40. The number of aliphatic hydroxyl groups is 3. The third kappa shape index (κ3) is 10.7. The number of ether oxygens (including phenoxy) is 4. The van der Waals surface area contributed by atoms with Gasteiger partial charge >= 0.3 is 5.79 Å². The molecular formula is C50H74N6O11. The van der Waals surface area contributed by atoms with Crippen molar-refractivity contribution in [2.24, 2.45) is 39.6 Å². The first-order chi connectivity index (χ1) is 31.5. The minimum Gasteiger partial charge on any atom is -0.507 e. The van der Waals surface area contributed by atoms with Crippen LogP contribution < -0.4 is 26.1 Å². The van der Waals surface area contributed by atoms with Gasteiger partial charge in [0.25, 0.3) is 11.7 Å². The van der Waals surface area contributed by atoms with Gasteiger partial charge in [0, 0.05) is 106 Å². The molecule has 4 bridgehead atoms. The fourth-order valence-electron chi connectivity index (χ4n) is 9.80. The van der Waals surface area contributed by atoms with Crippen molar-refractivity contribution >= 4 is 28.2 Å². The molecule has 1 unspecified atom stereocenters. The average Bonchev–Trinajstić information content (AvgIpc) is 3.78. The number of carbonyl (C=O) groups excluding carboxylic acids is 2. The van der Waals surface area contributed by atoms with Crippen molar-refractivity contribution in [1.29, 1.82) is 0 Å². The number of anilines is 1. The normalized spacial score (nSPS) is 31.5. The van der Waals surface area contributed by atoms with E-state index in [2.05, 4.69) is 29.4 Å². The molecule has 0 saturated carbocycles. The van der Waals surface area contributed by atoms with E-state index in [4.69, 9.17) is 28.9 Å². The molecule has 1 fully saturated rings. The number of phenolic OH excluding ortho intramolecular Hbond substituents is 2. The molecule has 2 aromatic rings. The lowest BCUT2D eigenvalue weighted by atomic mass is 9.78. The van der Waals surface area contributed by atoms with Gasteiger partial charge in [0.2, 0.25) is 0 Å². The van der Waals surface area contributed by atoms with Crippen LogP contribution in [0.3, 0.4) is 0 Å². The van der Waals surface area contributed by atoms with Gasteiger partial charge in [0.05, 0.1) is 47.0 Å². The molecule has 0 aliphatic carbocycles. The van der Waals surface area contributed by atoms with Crippen LogP contribution in [-0.2, 0) is 19.0 Å². The van der Waals surface area contributed by atoms with Gasteiger partial charge in [-0.15, -0.1) is 0 Å². The smallest absolute Gasteiger partial charge is 0.312 e. The van der Waals surface area contributed by atoms with Gasteiger partial charge in [-0.1, -0.05) is 59.8 Å². The molecule has 10 atom stereocenters. The van der Waals surface area contributed by atoms with Crippen molar-refractivity contribution in [3.63, 3.8) is 0 Å². The monoisotopic (exact) mass is 935 g/mol. The molecule has 7 N–H and O–H groups in total. The molecule has 2 aromatic carbocycles. The maximum Gasteiger partial charge on any atom is 0.312 e. The number of Topliss-reactive ketones (excluding diaryl/α,β-unsaturated/α-hetero) is 1. The second kappa shape index (κ2) is 21.0. The number of fused-ring (bicyclic) bond motifs is 1. The summed E-state index contributed by atoms with van der Waals surface area (Å²) < 4.78 is 24.8. The molecule has 0 aromatic heterocycles. The first-order valence-corrected chi connectivity index (χ1v) is 23.6. The highest BCUT2D eigenvalue weighted by Gasteiger charge is 2.50. The Bertz CT molecular complexity index is 2380. The Hall–Kier alpha value is -4.46. The van der Waals surface area contributed by atoms with Crippen LogP contribution in [-0.4, -0.2) is 150 Å². The lowest BCUT2D eigenvalue weighted by Crippen LogP contribution is -2.48. The Kier molecular flexibility index (Phi) is 16.3. The van der Waals surface area contributed by atoms with Gasteiger partial charge < -0.3 is 64.9 Å². The summed E-state index contributed by atoms with van der Waals surface area (Å²) in [6.45, 7) is 19.9. The maximum atomic E-state index is 14.9. The van der Waals surface area contributed by atoms with E-state index < -0.39 is 83.3 Å². The molecule has 1 amide bonds. The second-order valence-corrected chi connectivity index (χ2v) is 19.9. The van der Waals surface area contributed by atoms with Gasteiger partial charge in [-0.2, -0.15) is 0 Å². The molecule has 17 nitrogen and oxygen atoms in total. The number of nitrogens with zero attached hydrogens (tertiary/aromatic N) is 4. The van der Waals surface area contributed by atoms with Crippen molar-refractivity contribution in [3.8, 4) is 17.2 Å². The number of ketones is 1. The SMILES string of the molecule is CO[C@H]1/C=C/O[C@@]2(C)Oc3c(C)c(O)c4c(O)c(c5c(c4c3C2=O)=NC2(CCN(CC(C)C)CC2)N=5)NC(=O)/C(C)=C\C=C\[C@H](C)[C@H](O)[C@@H](C)[C@@H](O)[C@@H](C)[C@H](OC(O)CNCCN(C)C)[C@@H]1C. The van der Waals surface area contributed by atoms with Crippen LogP contribution in [0.2, 0.25) is 0 Å². The topological polar surface area (TPSA) is 227 Å². The number of rotatable bonds is 10. The van der Waals surface area contributed by atoms with Crippen molar-refractivity contribution < 1.29 is 54.1 Å². The number of likely N-dealkylation sites (tertiary alicyclic amines) is 1. The van der Waals surface area contributed by atoms with E-state index in [9.17, 15) is 35.1 Å². The Labute approximate surface area is 394 Å². The predicted octanol–water partition coefficient (Wildman–Crippen LogP) is 3.67. The van der Waals surface area contributed by atoms with Gasteiger partial charge in [-0.3, -0.25) is 19.6 Å². The highest BCUT2D eigenvalue weighted by atomic mass is 16.7. The van der Waals surface area contributed by atoms with E-state index in [1.807, 2.05) is 25.9 Å². The third-order valence-corrected chi connectivity index (χ3v) is 14.0. The Morgan fingerprint density at radius 1 is 0.970 bits per heavy atom. The minimum atomic E-state index is -1.96. The number of piperidine rings is 1. The number of allylic oxidation sites excluding steroid dienone is 2. The number of phenols is 2. The van der Waals surface area contributed by atoms with Crippen LogP contribution in [0.4, 0.5) is 5.69 Å². The molecule has 6 rings (SSSR count). The fourth-order valence-corrected chi connectivity index (χ4v) is 9.80. The van der Waals surface area contributed by atoms with E-state index in [-0.39, 0.29) is 61.9 Å². The zero-order chi connectivity index (χ0) is 49.3. The van der Waals surface area contributed by atoms with Crippen molar-refractivity contribution in [2.45, 2.75) is 117 Å². The summed E-state index contributed by atoms with van der Waals surface area (Å²) in [6, 6.07) is 0. The summed E-state index contributed by atoms with van der Waals surface area (Å²) >= 11 is 0. The van der Waals surface area contributed by atoms with Gasteiger partial charge in [0.1, 0.15) is 22.5 Å². The lowest BCUT2D eigenvalue weighted by molar-refractivity contribution is -0.188. The average molecular weight is 935 g/mol. The summed E-state index contributed by atoms with van der Waals surface area (Å²) in [4.78, 5) is 43.6. The number of carbonyl (C=O) groups is 2. The van der Waals surface area contributed by atoms with Crippen molar-refractivity contribution in [2.75, 3.05) is 65.8 Å². The summed E-state index contributed by atoms with van der Waals surface area (Å²) in [6.07, 6.45) is 3.97. The predicted molar refractivity (Wildman–Crippen MR) is 254 cm³/mol.